The normalized spacial score (nSPS) is 16.5. The van der Waals surface area contributed by atoms with Crippen molar-refractivity contribution in [2.45, 2.75) is 19.4 Å². The fourth-order valence-electron chi connectivity index (χ4n) is 4.11. The minimum absolute atomic E-state index is 0.0661. The van der Waals surface area contributed by atoms with Gasteiger partial charge in [0.05, 0.1) is 31.2 Å². The first-order valence-electron chi connectivity index (χ1n) is 10.3. The van der Waals surface area contributed by atoms with Gasteiger partial charge in [0.1, 0.15) is 11.5 Å². The third kappa shape index (κ3) is 3.92. The van der Waals surface area contributed by atoms with Crippen LogP contribution in [0.5, 0.6) is 11.5 Å². The second-order valence-electron chi connectivity index (χ2n) is 7.64. The summed E-state index contributed by atoms with van der Waals surface area (Å²) in [7, 11) is 5.27. The van der Waals surface area contributed by atoms with Gasteiger partial charge in [0, 0.05) is 38.3 Å². The van der Waals surface area contributed by atoms with Crippen LogP contribution in [0.25, 0.3) is 11.0 Å². The van der Waals surface area contributed by atoms with E-state index in [1.807, 2.05) is 43.4 Å². The van der Waals surface area contributed by atoms with Crippen molar-refractivity contribution in [3.05, 3.63) is 48.0 Å². The van der Waals surface area contributed by atoms with Crippen LogP contribution in [0.2, 0.25) is 0 Å². The second-order valence-corrected chi connectivity index (χ2v) is 7.64. The first-order chi connectivity index (χ1) is 14.6. The minimum Gasteiger partial charge on any atom is -0.497 e. The molecule has 158 valence electrons. The summed E-state index contributed by atoms with van der Waals surface area (Å²) in [5, 5.41) is 3.08. The highest BCUT2D eigenvalue weighted by atomic mass is 16.5. The van der Waals surface area contributed by atoms with E-state index < -0.39 is 0 Å². The molecule has 0 aliphatic carbocycles. The van der Waals surface area contributed by atoms with Gasteiger partial charge in [0.2, 0.25) is 11.9 Å². The average molecular weight is 409 g/mol. The summed E-state index contributed by atoms with van der Waals surface area (Å²) in [6, 6.07) is 13.7. The number of amides is 1. The topological polar surface area (TPSA) is 68.6 Å². The number of hydrogen-bond acceptors (Lipinski definition) is 5. The number of nitrogens with one attached hydrogen (secondary N) is 1. The summed E-state index contributed by atoms with van der Waals surface area (Å²) >= 11 is 0. The van der Waals surface area contributed by atoms with E-state index in [0.29, 0.717) is 18.8 Å². The highest BCUT2D eigenvalue weighted by molar-refractivity contribution is 5.81. The van der Waals surface area contributed by atoms with Crippen LogP contribution < -0.4 is 19.7 Å². The average Bonchev–Trinajstić information content (AvgIpc) is 3.14. The number of piperidine rings is 1. The molecule has 1 saturated heterocycles. The van der Waals surface area contributed by atoms with E-state index in [9.17, 15) is 4.79 Å². The molecule has 1 aliphatic rings. The molecule has 4 rings (SSSR count). The van der Waals surface area contributed by atoms with Crippen molar-refractivity contribution in [1.82, 2.24) is 14.9 Å². The Morgan fingerprint density at radius 3 is 2.80 bits per heavy atom. The fourth-order valence-corrected chi connectivity index (χ4v) is 4.11. The van der Waals surface area contributed by atoms with E-state index in [4.69, 9.17) is 14.5 Å². The number of para-hydroxylation sites is 2. The van der Waals surface area contributed by atoms with Gasteiger partial charge < -0.3 is 24.3 Å². The largest absolute Gasteiger partial charge is 0.497 e. The number of methoxy groups -OCH3 is 2. The number of benzene rings is 2. The molecule has 0 radical (unpaired) electrons. The Balaban J connectivity index is 1.43. The van der Waals surface area contributed by atoms with Gasteiger partial charge in [-0.2, -0.15) is 0 Å². The SMILES string of the molecule is COc1ccc(CNC(=O)[C@@H]2CCCN(c3nc4ccccc4n3C)C2)c(OC)c1. The van der Waals surface area contributed by atoms with Crippen LogP contribution in [0.1, 0.15) is 18.4 Å². The second kappa shape index (κ2) is 8.65. The summed E-state index contributed by atoms with van der Waals surface area (Å²) in [6.07, 6.45) is 1.85. The monoisotopic (exact) mass is 408 g/mol. The number of imidazole rings is 1. The zero-order valence-corrected chi connectivity index (χ0v) is 17.7. The van der Waals surface area contributed by atoms with Gasteiger partial charge in [-0.15, -0.1) is 0 Å². The van der Waals surface area contributed by atoms with Crippen molar-refractivity contribution in [3.8, 4) is 11.5 Å². The Kier molecular flexibility index (Phi) is 5.79. The minimum atomic E-state index is -0.0668. The smallest absolute Gasteiger partial charge is 0.225 e. The molecule has 3 aromatic rings. The summed E-state index contributed by atoms with van der Waals surface area (Å²) < 4.78 is 12.8. The molecule has 1 fully saturated rings. The Morgan fingerprint density at radius 2 is 2.03 bits per heavy atom. The van der Waals surface area contributed by atoms with E-state index in [1.165, 1.54) is 0 Å². The molecule has 1 aliphatic heterocycles. The van der Waals surface area contributed by atoms with Crippen molar-refractivity contribution < 1.29 is 14.3 Å². The summed E-state index contributed by atoms with van der Waals surface area (Å²) in [5.41, 5.74) is 3.01. The number of aryl methyl sites for hydroxylation is 1. The van der Waals surface area contributed by atoms with Crippen LogP contribution in [0, 0.1) is 5.92 Å². The Bertz CT molecular complexity index is 1050. The van der Waals surface area contributed by atoms with Crippen molar-refractivity contribution >= 4 is 22.9 Å². The van der Waals surface area contributed by atoms with E-state index in [0.717, 1.165) is 47.7 Å². The molecular formula is C23H28N4O3. The molecular weight excluding hydrogens is 380 g/mol. The zero-order valence-electron chi connectivity index (χ0n) is 17.7. The van der Waals surface area contributed by atoms with E-state index in [2.05, 4.69) is 20.9 Å². The van der Waals surface area contributed by atoms with E-state index in [-0.39, 0.29) is 11.8 Å². The molecule has 0 saturated carbocycles. The van der Waals surface area contributed by atoms with Crippen LogP contribution in [0.15, 0.2) is 42.5 Å². The molecule has 2 heterocycles. The predicted molar refractivity (Wildman–Crippen MR) is 117 cm³/mol. The number of nitrogens with zero attached hydrogens (tertiary/aromatic N) is 3. The van der Waals surface area contributed by atoms with Gasteiger partial charge in [0.25, 0.3) is 0 Å². The maximum absolute atomic E-state index is 12.9. The van der Waals surface area contributed by atoms with Gasteiger partial charge in [-0.3, -0.25) is 4.79 Å². The Labute approximate surface area is 176 Å². The molecule has 7 heteroatoms. The van der Waals surface area contributed by atoms with E-state index in [1.54, 1.807) is 14.2 Å². The van der Waals surface area contributed by atoms with Gasteiger partial charge >= 0.3 is 0 Å². The maximum Gasteiger partial charge on any atom is 0.225 e. The van der Waals surface area contributed by atoms with Gasteiger partial charge in [-0.1, -0.05) is 12.1 Å². The van der Waals surface area contributed by atoms with Crippen LogP contribution in [-0.2, 0) is 18.4 Å². The molecule has 7 nitrogen and oxygen atoms in total. The maximum atomic E-state index is 12.9. The summed E-state index contributed by atoms with van der Waals surface area (Å²) in [6.45, 7) is 2.00. The number of rotatable bonds is 6. The van der Waals surface area contributed by atoms with E-state index >= 15 is 0 Å². The number of fused-ring (bicyclic) bond motifs is 1. The summed E-state index contributed by atoms with van der Waals surface area (Å²) in [5.74, 6) is 2.36. The van der Waals surface area contributed by atoms with Crippen molar-refractivity contribution in [1.29, 1.82) is 0 Å². The quantitative estimate of drug-likeness (QED) is 0.679. The van der Waals surface area contributed by atoms with Crippen molar-refractivity contribution in [3.63, 3.8) is 0 Å². The number of ether oxygens (including phenoxy) is 2. The van der Waals surface area contributed by atoms with Crippen LogP contribution in [0.4, 0.5) is 5.95 Å². The lowest BCUT2D eigenvalue weighted by molar-refractivity contribution is -0.125. The van der Waals surface area contributed by atoms with Gasteiger partial charge in [-0.25, -0.2) is 4.98 Å². The molecule has 1 N–H and O–H groups in total. The summed E-state index contributed by atoms with van der Waals surface area (Å²) in [4.78, 5) is 19.9. The lowest BCUT2D eigenvalue weighted by atomic mass is 9.97. The number of aromatic nitrogens is 2. The third-order valence-corrected chi connectivity index (χ3v) is 5.79. The fraction of sp³-hybridized carbons (Fsp3) is 0.391. The number of carbonyl (C=O) groups excluding carboxylic acids is 1. The molecule has 1 amide bonds. The zero-order chi connectivity index (χ0) is 21.1. The Hall–Kier alpha value is -3.22. The molecule has 2 aromatic carbocycles. The molecule has 1 aromatic heterocycles. The predicted octanol–water partition coefficient (Wildman–Crippen LogP) is 3.12. The van der Waals surface area contributed by atoms with Gasteiger partial charge in [0.15, 0.2) is 0 Å². The standard InChI is InChI=1S/C23H28N4O3/c1-26-20-9-5-4-8-19(20)25-23(26)27-12-6-7-17(15-27)22(28)24-14-16-10-11-18(29-2)13-21(16)30-3/h4-5,8-11,13,17H,6-7,12,14-15H2,1-3H3,(H,24,28)/t17-/m1/s1. The van der Waals surface area contributed by atoms with Crippen LogP contribution in [0.3, 0.4) is 0 Å². The van der Waals surface area contributed by atoms with Crippen LogP contribution >= 0.6 is 0 Å². The molecule has 1 atom stereocenters. The lowest BCUT2D eigenvalue weighted by Crippen LogP contribution is -2.43. The van der Waals surface area contributed by atoms with Crippen molar-refractivity contribution in [2.75, 3.05) is 32.2 Å². The highest BCUT2D eigenvalue weighted by Gasteiger charge is 2.28. The highest BCUT2D eigenvalue weighted by Crippen LogP contribution is 2.27. The van der Waals surface area contributed by atoms with Crippen LogP contribution in [-0.4, -0.2) is 42.8 Å². The van der Waals surface area contributed by atoms with Gasteiger partial charge in [-0.05, 0) is 37.1 Å². The Morgan fingerprint density at radius 1 is 1.20 bits per heavy atom. The third-order valence-electron chi connectivity index (χ3n) is 5.79. The number of carbonyl (C=O) groups is 1. The molecule has 30 heavy (non-hydrogen) atoms. The number of hydrogen-bond donors (Lipinski definition) is 1. The number of anilines is 1. The molecule has 0 unspecified atom stereocenters. The molecule has 0 bridgehead atoms. The first kappa shape index (κ1) is 20.1. The first-order valence-corrected chi connectivity index (χ1v) is 10.3. The lowest BCUT2D eigenvalue weighted by Gasteiger charge is -2.32. The molecule has 0 spiro atoms. The van der Waals surface area contributed by atoms with Crippen molar-refractivity contribution in [2.24, 2.45) is 13.0 Å².